The molecule has 1 aliphatic rings. The number of carboxylic acid groups (broad SMARTS) is 1. The van der Waals surface area contributed by atoms with E-state index >= 15 is 0 Å². The van der Waals surface area contributed by atoms with Crippen LogP contribution in [0.5, 0.6) is 0 Å². The van der Waals surface area contributed by atoms with Crippen LogP contribution in [0.4, 0.5) is 0 Å². The molecule has 1 amide bonds. The second-order valence-corrected chi connectivity index (χ2v) is 7.00. The first kappa shape index (κ1) is 17.5. The fourth-order valence-electron chi connectivity index (χ4n) is 3.56. The highest BCUT2D eigenvalue weighted by Gasteiger charge is 2.40. The van der Waals surface area contributed by atoms with Crippen molar-refractivity contribution in [1.82, 2.24) is 5.32 Å². The second-order valence-electron chi connectivity index (χ2n) is 7.00. The maximum absolute atomic E-state index is 12.7. The lowest BCUT2D eigenvalue weighted by atomic mass is 9.74. The lowest BCUT2D eigenvalue weighted by Gasteiger charge is -2.34. The summed E-state index contributed by atoms with van der Waals surface area (Å²) in [4.78, 5) is 24.4. The third-order valence-corrected chi connectivity index (χ3v) is 4.97. The molecular weight excluding hydrogens is 290 g/mol. The average molecular weight is 317 g/mol. The molecule has 1 aliphatic carbocycles. The molecule has 0 bridgehead atoms. The van der Waals surface area contributed by atoms with Crippen LogP contribution in [-0.4, -0.2) is 23.5 Å². The van der Waals surface area contributed by atoms with E-state index in [1.54, 1.807) is 0 Å². The number of carboxylic acids is 1. The second kappa shape index (κ2) is 7.62. The van der Waals surface area contributed by atoms with Crippen molar-refractivity contribution >= 4 is 11.9 Å². The average Bonchev–Trinajstić information content (AvgIpc) is 2.54. The van der Waals surface area contributed by atoms with Gasteiger partial charge in [-0.05, 0) is 24.3 Å². The Bertz CT molecular complexity index is 533. The predicted molar refractivity (Wildman–Crippen MR) is 90.2 cm³/mol. The highest BCUT2D eigenvalue weighted by molar-refractivity contribution is 5.85. The molecular formula is C19H27NO3. The Labute approximate surface area is 138 Å². The molecule has 2 N–H and O–H groups in total. The first-order valence-corrected chi connectivity index (χ1v) is 8.52. The monoisotopic (exact) mass is 317 g/mol. The molecule has 1 saturated carbocycles. The van der Waals surface area contributed by atoms with E-state index in [1.165, 1.54) is 0 Å². The van der Waals surface area contributed by atoms with Gasteiger partial charge in [0.2, 0.25) is 5.91 Å². The molecule has 126 valence electrons. The molecule has 0 aliphatic heterocycles. The van der Waals surface area contributed by atoms with Gasteiger partial charge < -0.3 is 10.4 Å². The molecule has 0 heterocycles. The smallest absolute Gasteiger partial charge is 0.311 e. The van der Waals surface area contributed by atoms with Gasteiger partial charge in [0, 0.05) is 6.54 Å². The molecule has 1 unspecified atom stereocenters. The normalized spacial score (nSPS) is 18.4. The Morgan fingerprint density at radius 1 is 1.13 bits per heavy atom. The summed E-state index contributed by atoms with van der Waals surface area (Å²) in [5.74, 6) is -0.939. The minimum atomic E-state index is -0.786. The Hall–Kier alpha value is -1.84. The van der Waals surface area contributed by atoms with Crippen LogP contribution < -0.4 is 5.32 Å². The molecule has 2 rings (SSSR count). The number of carbonyl (C=O) groups is 2. The minimum Gasteiger partial charge on any atom is -0.481 e. The van der Waals surface area contributed by atoms with Crippen molar-refractivity contribution in [2.24, 2.45) is 11.3 Å². The molecule has 23 heavy (non-hydrogen) atoms. The van der Waals surface area contributed by atoms with Gasteiger partial charge in [-0.15, -0.1) is 0 Å². The van der Waals surface area contributed by atoms with Crippen LogP contribution in [0.25, 0.3) is 0 Å². The van der Waals surface area contributed by atoms with E-state index in [0.29, 0.717) is 12.8 Å². The van der Waals surface area contributed by atoms with E-state index in [0.717, 1.165) is 24.8 Å². The van der Waals surface area contributed by atoms with Crippen molar-refractivity contribution in [2.45, 2.75) is 51.9 Å². The Kier molecular flexibility index (Phi) is 5.80. The lowest BCUT2D eigenvalue weighted by molar-refractivity contribution is -0.151. The first-order chi connectivity index (χ1) is 11.0. The van der Waals surface area contributed by atoms with Crippen molar-refractivity contribution in [2.75, 3.05) is 6.54 Å². The number of benzene rings is 1. The van der Waals surface area contributed by atoms with E-state index in [1.807, 2.05) is 44.2 Å². The quantitative estimate of drug-likeness (QED) is 0.843. The van der Waals surface area contributed by atoms with Crippen molar-refractivity contribution in [3.63, 3.8) is 0 Å². The van der Waals surface area contributed by atoms with Crippen molar-refractivity contribution < 1.29 is 14.7 Å². The van der Waals surface area contributed by atoms with Crippen molar-refractivity contribution in [3.8, 4) is 0 Å². The molecule has 0 radical (unpaired) electrons. The number of hydrogen-bond donors (Lipinski definition) is 2. The van der Waals surface area contributed by atoms with Gasteiger partial charge in [-0.25, -0.2) is 0 Å². The van der Waals surface area contributed by atoms with Gasteiger partial charge in [0.25, 0.3) is 0 Å². The number of carbonyl (C=O) groups excluding carboxylic acids is 1. The summed E-state index contributed by atoms with van der Waals surface area (Å²) in [5.41, 5.74) is 0.194. The fourth-order valence-corrected chi connectivity index (χ4v) is 3.56. The summed E-state index contributed by atoms with van der Waals surface area (Å²) < 4.78 is 0. The zero-order valence-corrected chi connectivity index (χ0v) is 14.0. The summed E-state index contributed by atoms with van der Waals surface area (Å²) in [5, 5.41) is 12.5. The highest BCUT2D eigenvalue weighted by atomic mass is 16.4. The van der Waals surface area contributed by atoms with Crippen LogP contribution >= 0.6 is 0 Å². The summed E-state index contributed by atoms with van der Waals surface area (Å²) in [6.07, 6.45) is 4.24. The van der Waals surface area contributed by atoms with E-state index < -0.39 is 11.4 Å². The van der Waals surface area contributed by atoms with Crippen LogP contribution in [0, 0.1) is 11.3 Å². The molecule has 0 aromatic heterocycles. The van der Waals surface area contributed by atoms with Gasteiger partial charge in [0.1, 0.15) is 0 Å². The molecule has 1 aromatic rings. The van der Waals surface area contributed by atoms with Crippen LogP contribution in [0.2, 0.25) is 0 Å². The van der Waals surface area contributed by atoms with Gasteiger partial charge in [-0.1, -0.05) is 63.4 Å². The summed E-state index contributed by atoms with van der Waals surface area (Å²) in [7, 11) is 0. The molecule has 0 saturated heterocycles. The Balaban J connectivity index is 2.08. The molecule has 4 heteroatoms. The number of rotatable bonds is 6. The van der Waals surface area contributed by atoms with Gasteiger partial charge in [0.15, 0.2) is 0 Å². The van der Waals surface area contributed by atoms with E-state index in [-0.39, 0.29) is 24.3 Å². The van der Waals surface area contributed by atoms with Crippen LogP contribution in [0.3, 0.4) is 0 Å². The molecule has 4 nitrogen and oxygen atoms in total. The Morgan fingerprint density at radius 3 is 2.26 bits per heavy atom. The van der Waals surface area contributed by atoms with E-state index in [9.17, 15) is 14.7 Å². The number of aliphatic carboxylic acids is 1. The third kappa shape index (κ3) is 4.12. The van der Waals surface area contributed by atoms with Gasteiger partial charge in [0.05, 0.1) is 11.3 Å². The minimum absolute atomic E-state index is 0.0719. The van der Waals surface area contributed by atoms with Crippen LogP contribution in [0.15, 0.2) is 30.3 Å². The summed E-state index contributed by atoms with van der Waals surface area (Å²) >= 11 is 0. The van der Waals surface area contributed by atoms with Crippen LogP contribution in [0.1, 0.15) is 57.4 Å². The fraction of sp³-hybridized carbons (Fsp3) is 0.579. The topological polar surface area (TPSA) is 66.4 Å². The maximum atomic E-state index is 12.7. The standard InChI is InChI=1S/C19H27NO3/c1-14(2)16(15-9-5-3-6-10-15)17(21)20-13-19(18(22)23)11-7-4-8-12-19/h3,5-6,9-10,14,16H,4,7-8,11-13H2,1-2H3,(H,20,21)(H,22,23). The van der Waals surface area contributed by atoms with Crippen molar-refractivity contribution in [3.05, 3.63) is 35.9 Å². The maximum Gasteiger partial charge on any atom is 0.311 e. The Morgan fingerprint density at radius 2 is 1.74 bits per heavy atom. The molecule has 1 atom stereocenters. The van der Waals surface area contributed by atoms with E-state index in [2.05, 4.69) is 5.32 Å². The molecule has 1 fully saturated rings. The van der Waals surface area contributed by atoms with Gasteiger partial charge in [-0.2, -0.15) is 0 Å². The first-order valence-electron chi connectivity index (χ1n) is 8.52. The SMILES string of the molecule is CC(C)C(C(=O)NCC1(C(=O)O)CCCCC1)c1ccccc1. The zero-order chi connectivity index (χ0) is 16.9. The van der Waals surface area contributed by atoms with Crippen LogP contribution in [-0.2, 0) is 9.59 Å². The summed E-state index contributed by atoms with van der Waals surface area (Å²) in [6, 6.07) is 9.70. The molecule has 0 spiro atoms. The largest absolute Gasteiger partial charge is 0.481 e. The molecule has 1 aromatic carbocycles. The highest BCUT2D eigenvalue weighted by Crippen LogP contribution is 2.36. The zero-order valence-electron chi connectivity index (χ0n) is 14.0. The third-order valence-electron chi connectivity index (χ3n) is 4.97. The lowest BCUT2D eigenvalue weighted by Crippen LogP contribution is -2.46. The van der Waals surface area contributed by atoms with Gasteiger partial charge >= 0.3 is 5.97 Å². The number of amides is 1. The van der Waals surface area contributed by atoms with Gasteiger partial charge in [-0.3, -0.25) is 9.59 Å². The summed E-state index contributed by atoms with van der Waals surface area (Å²) in [6.45, 7) is 4.27. The van der Waals surface area contributed by atoms with E-state index in [4.69, 9.17) is 0 Å². The predicted octanol–water partition coefficient (Wildman–Crippen LogP) is 3.58. The number of nitrogens with one attached hydrogen (secondary N) is 1. The van der Waals surface area contributed by atoms with Crippen molar-refractivity contribution in [1.29, 1.82) is 0 Å². The number of hydrogen-bond acceptors (Lipinski definition) is 2.